The van der Waals surface area contributed by atoms with Crippen molar-refractivity contribution in [2.45, 2.75) is 16.7 Å². The van der Waals surface area contributed by atoms with Crippen LogP contribution in [0.25, 0.3) is 0 Å². The van der Waals surface area contributed by atoms with Gasteiger partial charge in [0.05, 0.1) is 0 Å². The Morgan fingerprint density at radius 1 is 1.43 bits per heavy atom. The van der Waals surface area contributed by atoms with Gasteiger partial charge < -0.3 is 5.73 Å². The molecule has 0 fully saturated rings. The van der Waals surface area contributed by atoms with Crippen LogP contribution in [0.4, 0.5) is 0 Å². The summed E-state index contributed by atoms with van der Waals surface area (Å²) in [5, 5.41) is 8.10. The first kappa shape index (κ1) is 9.17. The zero-order valence-corrected chi connectivity index (χ0v) is 8.16. The maximum absolute atomic E-state index is 5.58. The molecule has 14 heavy (non-hydrogen) atoms. The Morgan fingerprint density at radius 3 is 3.07 bits per heavy atom. The number of aromatic amines is 1. The van der Waals surface area contributed by atoms with E-state index in [0.717, 1.165) is 15.7 Å². The van der Waals surface area contributed by atoms with Gasteiger partial charge in [-0.2, -0.15) is 5.10 Å². The van der Waals surface area contributed by atoms with Crippen molar-refractivity contribution < 1.29 is 0 Å². The number of hydrogen-bond donors (Lipinski definition) is 2. The van der Waals surface area contributed by atoms with Crippen LogP contribution in [0, 0.1) is 0 Å². The van der Waals surface area contributed by atoms with E-state index in [1.807, 2.05) is 12.1 Å². The fourth-order valence-corrected chi connectivity index (χ4v) is 1.78. The summed E-state index contributed by atoms with van der Waals surface area (Å²) in [4.78, 5) is 8.22. The molecular weight excluding hydrogens is 198 g/mol. The Bertz CT molecular complexity index is 400. The molecule has 2 rings (SSSR count). The second-order valence-electron chi connectivity index (χ2n) is 2.56. The molecule has 0 saturated heterocycles. The van der Waals surface area contributed by atoms with E-state index in [4.69, 9.17) is 5.73 Å². The smallest absolute Gasteiger partial charge is 0.189 e. The van der Waals surface area contributed by atoms with Gasteiger partial charge in [0.2, 0.25) is 0 Å². The summed E-state index contributed by atoms with van der Waals surface area (Å²) in [5.41, 5.74) is 6.59. The molecule has 0 aromatic carbocycles. The zero-order valence-electron chi connectivity index (χ0n) is 7.34. The van der Waals surface area contributed by atoms with Crippen molar-refractivity contribution in [2.24, 2.45) is 5.73 Å². The average molecular weight is 207 g/mol. The molecular formula is C8H9N5S. The van der Waals surface area contributed by atoms with Crippen molar-refractivity contribution in [2.75, 3.05) is 0 Å². The lowest BCUT2D eigenvalue weighted by molar-refractivity contribution is 0.939. The van der Waals surface area contributed by atoms with Gasteiger partial charge in [-0.3, -0.25) is 5.10 Å². The zero-order chi connectivity index (χ0) is 9.80. The first-order chi connectivity index (χ1) is 6.90. The molecule has 0 unspecified atom stereocenters. The lowest BCUT2D eigenvalue weighted by atomic mass is 10.3. The lowest BCUT2D eigenvalue weighted by Crippen LogP contribution is -1.99. The van der Waals surface area contributed by atoms with Gasteiger partial charge in [0, 0.05) is 12.7 Å². The van der Waals surface area contributed by atoms with Crippen molar-refractivity contribution in [3.05, 3.63) is 30.2 Å². The van der Waals surface area contributed by atoms with Gasteiger partial charge in [0.15, 0.2) is 5.16 Å². The molecule has 0 amide bonds. The van der Waals surface area contributed by atoms with Crippen LogP contribution < -0.4 is 5.73 Å². The number of nitrogens with two attached hydrogens (primary N) is 1. The van der Waals surface area contributed by atoms with Gasteiger partial charge in [-0.15, -0.1) is 0 Å². The van der Waals surface area contributed by atoms with Crippen molar-refractivity contribution in [3.63, 3.8) is 0 Å². The first-order valence-corrected chi connectivity index (χ1v) is 4.89. The molecule has 0 bridgehead atoms. The lowest BCUT2D eigenvalue weighted by Gasteiger charge is -2.02. The van der Waals surface area contributed by atoms with Crippen LogP contribution >= 0.6 is 11.8 Å². The quantitative estimate of drug-likeness (QED) is 0.778. The fraction of sp³-hybridized carbons (Fsp3) is 0.125. The molecule has 0 aliphatic carbocycles. The van der Waals surface area contributed by atoms with Gasteiger partial charge in [-0.25, -0.2) is 9.97 Å². The third kappa shape index (κ3) is 1.91. The minimum absolute atomic E-state index is 0.476. The minimum atomic E-state index is 0.476. The number of H-pyrrole nitrogens is 1. The summed E-state index contributed by atoms with van der Waals surface area (Å²) < 4.78 is 0. The maximum atomic E-state index is 5.58. The third-order valence-corrected chi connectivity index (χ3v) is 2.61. The Hall–Kier alpha value is -1.40. The predicted octanol–water partition coefficient (Wildman–Crippen LogP) is 0.810. The molecule has 2 aromatic heterocycles. The Kier molecular flexibility index (Phi) is 2.76. The standard InChI is InChI=1S/C8H9N5S/c9-4-6-2-1-3-10-7(6)14-8-11-5-12-13-8/h1-3,5H,4,9H2,(H,11,12,13). The second kappa shape index (κ2) is 4.21. The summed E-state index contributed by atoms with van der Waals surface area (Å²) in [6, 6.07) is 3.82. The van der Waals surface area contributed by atoms with Crippen LogP contribution in [-0.2, 0) is 6.54 Å². The molecule has 72 valence electrons. The van der Waals surface area contributed by atoms with E-state index < -0.39 is 0 Å². The molecule has 0 aliphatic heterocycles. The number of aromatic nitrogens is 4. The highest BCUT2D eigenvalue weighted by atomic mass is 32.2. The van der Waals surface area contributed by atoms with Crippen molar-refractivity contribution in [1.82, 2.24) is 20.2 Å². The van der Waals surface area contributed by atoms with Crippen LogP contribution in [0.3, 0.4) is 0 Å². The predicted molar refractivity (Wildman–Crippen MR) is 52.6 cm³/mol. The summed E-state index contributed by atoms with van der Waals surface area (Å²) in [6.45, 7) is 0.476. The summed E-state index contributed by atoms with van der Waals surface area (Å²) in [6.07, 6.45) is 3.20. The van der Waals surface area contributed by atoms with Crippen LogP contribution in [-0.4, -0.2) is 20.2 Å². The monoisotopic (exact) mass is 207 g/mol. The molecule has 0 aliphatic rings. The molecule has 0 saturated carbocycles. The molecule has 2 heterocycles. The number of nitrogens with one attached hydrogen (secondary N) is 1. The molecule has 0 radical (unpaired) electrons. The van der Waals surface area contributed by atoms with Crippen molar-refractivity contribution >= 4 is 11.8 Å². The highest BCUT2D eigenvalue weighted by Gasteiger charge is 2.05. The second-order valence-corrected chi connectivity index (χ2v) is 3.54. The third-order valence-electron chi connectivity index (χ3n) is 1.66. The van der Waals surface area contributed by atoms with Crippen LogP contribution in [0.15, 0.2) is 34.8 Å². The first-order valence-electron chi connectivity index (χ1n) is 4.07. The van der Waals surface area contributed by atoms with Gasteiger partial charge in [-0.05, 0) is 23.4 Å². The summed E-state index contributed by atoms with van der Waals surface area (Å²) in [7, 11) is 0. The van der Waals surface area contributed by atoms with E-state index in [0.29, 0.717) is 6.54 Å². The molecule has 2 aromatic rings. The van der Waals surface area contributed by atoms with E-state index in [1.165, 1.54) is 18.1 Å². The topological polar surface area (TPSA) is 80.5 Å². The Morgan fingerprint density at radius 2 is 2.36 bits per heavy atom. The molecule has 5 nitrogen and oxygen atoms in total. The van der Waals surface area contributed by atoms with Gasteiger partial charge >= 0.3 is 0 Å². The normalized spacial score (nSPS) is 10.4. The minimum Gasteiger partial charge on any atom is -0.326 e. The number of rotatable bonds is 3. The van der Waals surface area contributed by atoms with Crippen molar-refractivity contribution in [3.8, 4) is 0 Å². The molecule has 6 heteroatoms. The van der Waals surface area contributed by atoms with Gasteiger partial charge in [0.25, 0.3) is 0 Å². The van der Waals surface area contributed by atoms with E-state index in [1.54, 1.807) is 6.20 Å². The van der Waals surface area contributed by atoms with Gasteiger partial charge in [-0.1, -0.05) is 6.07 Å². The number of hydrogen-bond acceptors (Lipinski definition) is 5. The molecule has 0 spiro atoms. The highest BCUT2D eigenvalue weighted by Crippen LogP contribution is 2.24. The van der Waals surface area contributed by atoms with Crippen LogP contribution in [0.5, 0.6) is 0 Å². The van der Waals surface area contributed by atoms with Gasteiger partial charge in [0.1, 0.15) is 11.4 Å². The van der Waals surface area contributed by atoms with Crippen LogP contribution in [0.2, 0.25) is 0 Å². The van der Waals surface area contributed by atoms with E-state index in [2.05, 4.69) is 20.2 Å². The average Bonchev–Trinajstić information content (AvgIpc) is 2.71. The van der Waals surface area contributed by atoms with E-state index in [-0.39, 0.29) is 0 Å². The fourth-order valence-electron chi connectivity index (χ4n) is 1.01. The SMILES string of the molecule is NCc1cccnc1Sc1ncn[nH]1. The highest BCUT2D eigenvalue weighted by molar-refractivity contribution is 7.99. The maximum Gasteiger partial charge on any atom is 0.189 e. The van der Waals surface area contributed by atoms with E-state index >= 15 is 0 Å². The van der Waals surface area contributed by atoms with E-state index in [9.17, 15) is 0 Å². The number of nitrogens with zero attached hydrogens (tertiary/aromatic N) is 3. The molecule has 0 atom stereocenters. The summed E-state index contributed by atoms with van der Waals surface area (Å²) in [5.74, 6) is 0. The Balaban J connectivity index is 2.24. The Labute approximate surface area is 85.2 Å². The number of pyridine rings is 1. The largest absolute Gasteiger partial charge is 0.326 e. The molecule has 3 N–H and O–H groups in total. The van der Waals surface area contributed by atoms with Crippen LogP contribution in [0.1, 0.15) is 5.56 Å². The summed E-state index contributed by atoms with van der Waals surface area (Å²) >= 11 is 1.43. The van der Waals surface area contributed by atoms with Crippen molar-refractivity contribution in [1.29, 1.82) is 0 Å².